The smallest absolute Gasteiger partial charge is 0.346 e. The van der Waals surface area contributed by atoms with E-state index in [2.05, 4.69) is 10.4 Å². The Morgan fingerprint density at radius 1 is 1.00 bits per heavy atom. The van der Waals surface area contributed by atoms with Gasteiger partial charge in [-0.3, -0.25) is 4.79 Å². The molecule has 1 aliphatic rings. The number of urea groups is 1. The summed E-state index contributed by atoms with van der Waals surface area (Å²) in [4.78, 5) is 25.3. The highest BCUT2D eigenvalue weighted by atomic mass is 16.5. The van der Waals surface area contributed by atoms with Crippen LogP contribution < -0.4 is 19.5 Å². The zero-order chi connectivity index (χ0) is 20.3. The number of hydrogen-bond donors (Lipinski definition) is 1. The van der Waals surface area contributed by atoms with E-state index in [9.17, 15) is 9.59 Å². The molecule has 1 N–H and O–H groups in total. The van der Waals surface area contributed by atoms with Gasteiger partial charge in [0.1, 0.15) is 22.8 Å². The minimum Gasteiger partial charge on any atom is -0.496 e. The van der Waals surface area contributed by atoms with Crippen LogP contribution in [-0.2, 0) is 10.3 Å². The second-order valence-electron chi connectivity index (χ2n) is 6.23. The van der Waals surface area contributed by atoms with E-state index in [4.69, 9.17) is 14.2 Å². The third-order valence-electron chi connectivity index (χ3n) is 4.58. The lowest BCUT2D eigenvalue weighted by molar-refractivity contribution is -0.131. The first kappa shape index (κ1) is 19.2. The first-order valence-corrected chi connectivity index (χ1v) is 8.50. The molecule has 2 aromatic rings. The molecule has 3 rings (SSSR count). The number of hydrazone groups is 1. The number of methoxy groups -OCH3 is 3. The first-order chi connectivity index (χ1) is 13.4. The topological polar surface area (TPSA) is 89.5 Å². The summed E-state index contributed by atoms with van der Waals surface area (Å²) in [7, 11) is 4.51. The molecule has 0 bridgehead atoms. The van der Waals surface area contributed by atoms with E-state index in [1.165, 1.54) is 27.5 Å². The fourth-order valence-electron chi connectivity index (χ4n) is 2.97. The number of amides is 3. The van der Waals surface area contributed by atoms with Gasteiger partial charge in [0, 0.05) is 12.1 Å². The molecular formula is C20H21N3O5. The van der Waals surface area contributed by atoms with Gasteiger partial charge >= 0.3 is 6.03 Å². The van der Waals surface area contributed by atoms with Crippen molar-refractivity contribution in [1.29, 1.82) is 0 Å². The van der Waals surface area contributed by atoms with Crippen LogP contribution in [0.1, 0.15) is 18.1 Å². The number of carbonyl (C=O) groups excluding carboxylic acids is 2. The largest absolute Gasteiger partial charge is 0.496 e. The molecule has 28 heavy (non-hydrogen) atoms. The van der Waals surface area contributed by atoms with Crippen LogP contribution in [0.2, 0.25) is 0 Å². The van der Waals surface area contributed by atoms with Crippen LogP contribution in [0.4, 0.5) is 4.79 Å². The van der Waals surface area contributed by atoms with Gasteiger partial charge in [-0.05, 0) is 12.5 Å². The minimum atomic E-state index is -1.19. The van der Waals surface area contributed by atoms with Crippen LogP contribution in [0.25, 0.3) is 0 Å². The molecule has 1 fully saturated rings. The van der Waals surface area contributed by atoms with Crippen molar-refractivity contribution in [3.05, 3.63) is 53.6 Å². The first-order valence-electron chi connectivity index (χ1n) is 8.50. The fourth-order valence-corrected chi connectivity index (χ4v) is 2.97. The van der Waals surface area contributed by atoms with Gasteiger partial charge in [0.2, 0.25) is 0 Å². The number of benzene rings is 2. The lowest BCUT2D eigenvalue weighted by Gasteiger charge is -2.21. The van der Waals surface area contributed by atoms with E-state index in [0.29, 0.717) is 28.4 Å². The average molecular weight is 383 g/mol. The van der Waals surface area contributed by atoms with Crippen molar-refractivity contribution in [2.75, 3.05) is 21.3 Å². The average Bonchev–Trinajstić information content (AvgIpc) is 2.95. The van der Waals surface area contributed by atoms with Gasteiger partial charge in [0.05, 0.1) is 33.1 Å². The van der Waals surface area contributed by atoms with Crippen LogP contribution in [0.15, 0.2) is 47.6 Å². The van der Waals surface area contributed by atoms with Crippen molar-refractivity contribution < 1.29 is 23.8 Å². The molecule has 1 saturated heterocycles. The Morgan fingerprint density at radius 3 is 2.14 bits per heavy atom. The van der Waals surface area contributed by atoms with Crippen molar-refractivity contribution in [1.82, 2.24) is 10.3 Å². The normalized spacial score (nSPS) is 19.1. The number of nitrogens with zero attached hydrogens (tertiary/aromatic N) is 2. The van der Waals surface area contributed by atoms with Gasteiger partial charge in [-0.15, -0.1) is 5.01 Å². The predicted octanol–water partition coefficient (Wildman–Crippen LogP) is 2.51. The van der Waals surface area contributed by atoms with Crippen LogP contribution >= 0.6 is 0 Å². The lowest BCUT2D eigenvalue weighted by atomic mass is 9.92. The molecule has 0 spiro atoms. The van der Waals surface area contributed by atoms with E-state index in [0.717, 1.165) is 5.01 Å². The fraction of sp³-hybridized carbons (Fsp3) is 0.250. The molecule has 1 heterocycles. The highest BCUT2D eigenvalue weighted by Crippen LogP contribution is 2.33. The summed E-state index contributed by atoms with van der Waals surface area (Å²) >= 11 is 0. The van der Waals surface area contributed by atoms with E-state index >= 15 is 0 Å². The van der Waals surface area contributed by atoms with Gasteiger partial charge in [-0.25, -0.2) is 4.79 Å². The molecule has 0 aliphatic carbocycles. The number of imide groups is 1. The highest BCUT2D eigenvalue weighted by Gasteiger charge is 2.49. The molecule has 0 aromatic heterocycles. The van der Waals surface area contributed by atoms with E-state index < -0.39 is 17.5 Å². The number of hydrogen-bond acceptors (Lipinski definition) is 6. The van der Waals surface area contributed by atoms with Gasteiger partial charge in [-0.2, -0.15) is 5.10 Å². The van der Waals surface area contributed by atoms with Crippen molar-refractivity contribution in [2.24, 2.45) is 5.10 Å². The molecule has 3 amide bonds. The number of rotatable bonds is 6. The molecular weight excluding hydrogens is 362 g/mol. The van der Waals surface area contributed by atoms with Crippen LogP contribution in [0.5, 0.6) is 17.2 Å². The van der Waals surface area contributed by atoms with Crippen molar-refractivity contribution >= 4 is 18.2 Å². The van der Waals surface area contributed by atoms with Crippen LogP contribution in [0.3, 0.4) is 0 Å². The summed E-state index contributed by atoms with van der Waals surface area (Å²) in [5, 5.41) is 7.60. The maximum Gasteiger partial charge on any atom is 0.346 e. The third-order valence-corrected chi connectivity index (χ3v) is 4.58. The molecule has 8 heteroatoms. The molecule has 1 atom stereocenters. The van der Waals surface area contributed by atoms with Gasteiger partial charge in [0.15, 0.2) is 0 Å². The summed E-state index contributed by atoms with van der Waals surface area (Å²) < 4.78 is 15.9. The molecule has 1 aliphatic heterocycles. The second-order valence-corrected chi connectivity index (χ2v) is 6.23. The van der Waals surface area contributed by atoms with Gasteiger partial charge in [0.25, 0.3) is 5.91 Å². The third kappa shape index (κ3) is 3.24. The maximum absolute atomic E-state index is 12.9. The quantitative estimate of drug-likeness (QED) is 0.612. The highest BCUT2D eigenvalue weighted by molar-refractivity contribution is 6.07. The molecule has 146 valence electrons. The molecule has 0 saturated carbocycles. The lowest BCUT2D eigenvalue weighted by Crippen LogP contribution is -2.40. The Balaban J connectivity index is 1.95. The van der Waals surface area contributed by atoms with E-state index in [-0.39, 0.29) is 0 Å². The van der Waals surface area contributed by atoms with Crippen molar-refractivity contribution in [2.45, 2.75) is 12.5 Å². The number of ether oxygens (including phenoxy) is 3. The number of carbonyl (C=O) groups is 2. The number of nitrogens with one attached hydrogen (secondary N) is 1. The summed E-state index contributed by atoms with van der Waals surface area (Å²) in [6, 6.07) is 11.7. The Bertz CT molecular complexity index is 904. The van der Waals surface area contributed by atoms with Crippen LogP contribution in [0, 0.1) is 0 Å². The zero-order valence-electron chi connectivity index (χ0n) is 16.1. The Labute approximate surface area is 162 Å². The Kier molecular flexibility index (Phi) is 5.21. The molecule has 8 nitrogen and oxygen atoms in total. The molecule has 2 aromatic carbocycles. The van der Waals surface area contributed by atoms with Crippen LogP contribution in [-0.4, -0.2) is 44.5 Å². The summed E-state index contributed by atoms with van der Waals surface area (Å²) in [5.74, 6) is 0.916. The zero-order valence-corrected chi connectivity index (χ0v) is 16.1. The second kappa shape index (κ2) is 7.59. The molecule has 0 unspecified atom stereocenters. The maximum atomic E-state index is 12.9. The summed E-state index contributed by atoms with van der Waals surface area (Å²) in [6.07, 6.45) is 1.35. The standard InChI is InChI=1S/C20H21N3O5/c1-20(13-8-6-5-7-9-13)18(24)23(19(25)22-20)21-12-15-16(27-3)10-14(26-2)11-17(15)28-4/h5-12H,1-4H3,(H,22,25)/t20-/m1/s1. The van der Waals surface area contributed by atoms with Gasteiger partial charge < -0.3 is 19.5 Å². The summed E-state index contributed by atoms with van der Waals surface area (Å²) in [5.41, 5.74) is -0.0468. The summed E-state index contributed by atoms with van der Waals surface area (Å²) in [6.45, 7) is 1.65. The minimum absolute atomic E-state index is 0.429. The SMILES string of the molecule is COc1cc(OC)c(C=NN2C(=O)N[C@](C)(c3ccccc3)C2=O)c(OC)c1. The molecule has 0 radical (unpaired) electrons. The monoisotopic (exact) mass is 383 g/mol. The Hall–Kier alpha value is -3.55. The Morgan fingerprint density at radius 2 is 1.61 bits per heavy atom. The van der Waals surface area contributed by atoms with Crippen molar-refractivity contribution in [3.63, 3.8) is 0 Å². The van der Waals surface area contributed by atoms with E-state index in [1.54, 1.807) is 43.3 Å². The van der Waals surface area contributed by atoms with Gasteiger partial charge in [-0.1, -0.05) is 30.3 Å². The van der Waals surface area contributed by atoms with Crippen molar-refractivity contribution in [3.8, 4) is 17.2 Å². The van der Waals surface area contributed by atoms with E-state index in [1.807, 2.05) is 6.07 Å². The predicted molar refractivity (Wildman–Crippen MR) is 103 cm³/mol.